The Kier molecular flexibility index (Phi) is 6.41. The maximum atomic E-state index is 12.8. The third-order valence-corrected chi connectivity index (χ3v) is 5.54. The smallest absolute Gasteiger partial charge is 0.244 e. The van der Waals surface area contributed by atoms with Crippen molar-refractivity contribution in [1.29, 1.82) is 0 Å². The molecule has 0 saturated carbocycles. The van der Waals surface area contributed by atoms with Crippen LogP contribution in [0.4, 0.5) is 0 Å². The molecule has 0 heterocycles. The Balaban J connectivity index is 3.37. The van der Waals surface area contributed by atoms with E-state index in [1.165, 1.54) is 4.31 Å². The van der Waals surface area contributed by atoms with Crippen molar-refractivity contribution >= 4 is 10.0 Å². The first-order valence-electron chi connectivity index (χ1n) is 7.16. The normalized spacial score (nSPS) is 11.6. The Hall–Kier alpha value is -1.35. The molecule has 0 unspecified atom stereocenters. The average Bonchev–Trinajstić information content (AvgIpc) is 2.46. The van der Waals surface area contributed by atoms with Crippen LogP contribution in [0.15, 0.2) is 23.1 Å². The number of sulfonamides is 1. The second-order valence-corrected chi connectivity index (χ2v) is 6.96. The highest BCUT2D eigenvalue weighted by molar-refractivity contribution is 7.89. The molecule has 0 radical (unpaired) electrons. The van der Waals surface area contributed by atoms with E-state index in [2.05, 4.69) is 11.8 Å². The van der Waals surface area contributed by atoms with E-state index in [0.29, 0.717) is 5.56 Å². The van der Waals surface area contributed by atoms with E-state index < -0.39 is 10.0 Å². The van der Waals surface area contributed by atoms with Crippen LogP contribution in [-0.4, -0.2) is 32.4 Å². The van der Waals surface area contributed by atoms with E-state index in [-0.39, 0.29) is 17.5 Å². The first-order valence-corrected chi connectivity index (χ1v) is 8.60. The largest absolute Gasteiger partial charge is 0.320 e. The Bertz CT molecular complexity index is 638. The molecule has 2 N–H and O–H groups in total. The van der Waals surface area contributed by atoms with Crippen molar-refractivity contribution in [3.63, 3.8) is 0 Å². The standard InChI is InChI=1S/C16H24N2O2S/c1-5-15(6-2)18(4)21(19,20)16-10-9-13(3)12-14(16)8-7-11-17/h9-10,12,15H,5-6,11,17H2,1-4H3. The summed E-state index contributed by atoms with van der Waals surface area (Å²) in [7, 11) is -1.92. The van der Waals surface area contributed by atoms with E-state index in [9.17, 15) is 8.42 Å². The van der Waals surface area contributed by atoms with Crippen molar-refractivity contribution in [2.24, 2.45) is 5.73 Å². The fourth-order valence-electron chi connectivity index (χ4n) is 2.27. The monoisotopic (exact) mass is 308 g/mol. The fraction of sp³-hybridized carbons (Fsp3) is 0.500. The third kappa shape index (κ3) is 4.07. The summed E-state index contributed by atoms with van der Waals surface area (Å²) in [5, 5.41) is 0. The number of aryl methyl sites for hydroxylation is 1. The summed E-state index contributed by atoms with van der Waals surface area (Å²) in [4.78, 5) is 0.253. The number of nitrogens with two attached hydrogens (primary N) is 1. The van der Waals surface area contributed by atoms with Crippen LogP contribution in [0.1, 0.15) is 37.8 Å². The molecular weight excluding hydrogens is 284 g/mol. The zero-order valence-corrected chi connectivity index (χ0v) is 14.0. The molecule has 5 heteroatoms. The molecule has 0 amide bonds. The highest BCUT2D eigenvalue weighted by Gasteiger charge is 2.27. The van der Waals surface area contributed by atoms with Gasteiger partial charge in [0.1, 0.15) is 0 Å². The fourth-order valence-corrected chi connectivity index (χ4v) is 3.90. The molecule has 0 saturated heterocycles. The molecule has 21 heavy (non-hydrogen) atoms. The van der Waals surface area contributed by atoms with Crippen molar-refractivity contribution in [3.05, 3.63) is 29.3 Å². The predicted octanol–water partition coefficient (Wildman–Crippen LogP) is 2.11. The summed E-state index contributed by atoms with van der Waals surface area (Å²) in [6.45, 7) is 6.10. The van der Waals surface area contributed by atoms with Crippen molar-refractivity contribution in [3.8, 4) is 11.8 Å². The lowest BCUT2D eigenvalue weighted by molar-refractivity contribution is 0.349. The molecule has 1 aromatic rings. The van der Waals surface area contributed by atoms with Gasteiger partial charge in [0.15, 0.2) is 0 Å². The number of rotatable bonds is 5. The van der Waals surface area contributed by atoms with Crippen LogP contribution in [0.2, 0.25) is 0 Å². The molecule has 116 valence electrons. The Morgan fingerprint density at radius 1 is 1.29 bits per heavy atom. The molecule has 0 aliphatic rings. The first kappa shape index (κ1) is 17.7. The van der Waals surface area contributed by atoms with Gasteiger partial charge in [0.2, 0.25) is 10.0 Å². The predicted molar refractivity (Wildman–Crippen MR) is 86.4 cm³/mol. The van der Waals surface area contributed by atoms with Crippen LogP contribution in [0.3, 0.4) is 0 Å². The van der Waals surface area contributed by atoms with Gasteiger partial charge in [-0.3, -0.25) is 0 Å². The number of hydrogen-bond donors (Lipinski definition) is 1. The highest BCUT2D eigenvalue weighted by atomic mass is 32.2. The molecule has 1 rings (SSSR count). The number of nitrogens with zero attached hydrogens (tertiary/aromatic N) is 1. The van der Waals surface area contributed by atoms with Crippen LogP contribution in [0, 0.1) is 18.8 Å². The van der Waals surface area contributed by atoms with Crippen molar-refractivity contribution in [1.82, 2.24) is 4.31 Å². The number of hydrogen-bond acceptors (Lipinski definition) is 3. The second-order valence-electron chi connectivity index (χ2n) is 5.00. The van der Waals surface area contributed by atoms with Gasteiger partial charge < -0.3 is 5.73 Å². The summed E-state index contributed by atoms with van der Waals surface area (Å²) >= 11 is 0. The van der Waals surface area contributed by atoms with Crippen LogP contribution < -0.4 is 5.73 Å². The average molecular weight is 308 g/mol. The summed E-state index contributed by atoms with van der Waals surface area (Å²) in [5.41, 5.74) is 6.88. The minimum absolute atomic E-state index is 0.00776. The van der Waals surface area contributed by atoms with Crippen molar-refractivity contribution < 1.29 is 8.42 Å². The number of benzene rings is 1. The van der Waals surface area contributed by atoms with Gasteiger partial charge in [-0.05, 0) is 37.5 Å². The van der Waals surface area contributed by atoms with Crippen LogP contribution >= 0.6 is 0 Å². The molecule has 1 aromatic carbocycles. The molecule has 0 bridgehead atoms. The van der Waals surface area contributed by atoms with Crippen LogP contribution in [0.5, 0.6) is 0 Å². The van der Waals surface area contributed by atoms with Gasteiger partial charge in [-0.15, -0.1) is 0 Å². The molecular formula is C16H24N2O2S. The molecule has 0 aliphatic heterocycles. The molecule has 0 spiro atoms. The second kappa shape index (κ2) is 7.60. The Morgan fingerprint density at radius 2 is 1.90 bits per heavy atom. The van der Waals surface area contributed by atoms with Gasteiger partial charge in [-0.2, -0.15) is 4.31 Å². The third-order valence-electron chi connectivity index (χ3n) is 3.57. The van der Waals surface area contributed by atoms with Crippen molar-refractivity contribution in [2.45, 2.75) is 44.6 Å². The minimum Gasteiger partial charge on any atom is -0.320 e. The van der Waals surface area contributed by atoms with Gasteiger partial charge >= 0.3 is 0 Å². The zero-order chi connectivity index (χ0) is 16.0. The molecule has 0 fully saturated rings. The lowest BCUT2D eigenvalue weighted by Crippen LogP contribution is -2.36. The Labute approximate surface area is 128 Å². The lowest BCUT2D eigenvalue weighted by atomic mass is 10.1. The zero-order valence-electron chi connectivity index (χ0n) is 13.2. The van der Waals surface area contributed by atoms with E-state index in [0.717, 1.165) is 18.4 Å². The highest BCUT2D eigenvalue weighted by Crippen LogP contribution is 2.23. The van der Waals surface area contributed by atoms with Gasteiger partial charge in [0.25, 0.3) is 0 Å². The van der Waals surface area contributed by atoms with Crippen LogP contribution in [-0.2, 0) is 10.0 Å². The maximum absolute atomic E-state index is 12.8. The summed E-state index contributed by atoms with van der Waals surface area (Å²) in [6.07, 6.45) is 1.56. The van der Waals surface area contributed by atoms with E-state index in [1.807, 2.05) is 20.8 Å². The molecule has 0 atom stereocenters. The summed E-state index contributed by atoms with van der Waals surface area (Å²) < 4.78 is 27.1. The topological polar surface area (TPSA) is 63.4 Å². The lowest BCUT2D eigenvalue weighted by Gasteiger charge is -2.26. The molecule has 0 aliphatic carbocycles. The molecule has 0 aromatic heterocycles. The Morgan fingerprint density at radius 3 is 2.43 bits per heavy atom. The minimum atomic E-state index is -3.55. The van der Waals surface area contributed by atoms with Gasteiger partial charge in [-0.1, -0.05) is 31.8 Å². The molecule has 4 nitrogen and oxygen atoms in total. The SMILES string of the molecule is CCC(CC)N(C)S(=O)(=O)c1ccc(C)cc1C#CCN. The summed E-state index contributed by atoms with van der Waals surface area (Å²) in [5.74, 6) is 5.60. The summed E-state index contributed by atoms with van der Waals surface area (Å²) in [6, 6.07) is 5.20. The van der Waals surface area contributed by atoms with Gasteiger partial charge in [-0.25, -0.2) is 8.42 Å². The van der Waals surface area contributed by atoms with E-state index in [4.69, 9.17) is 5.73 Å². The van der Waals surface area contributed by atoms with Crippen molar-refractivity contribution in [2.75, 3.05) is 13.6 Å². The van der Waals surface area contributed by atoms with Gasteiger partial charge in [0.05, 0.1) is 11.4 Å². The quantitative estimate of drug-likeness (QED) is 0.847. The van der Waals surface area contributed by atoms with Gasteiger partial charge in [0, 0.05) is 18.7 Å². The first-order chi connectivity index (χ1) is 9.88. The van der Waals surface area contributed by atoms with E-state index >= 15 is 0 Å². The maximum Gasteiger partial charge on any atom is 0.244 e. The van der Waals surface area contributed by atoms with Crippen LogP contribution in [0.25, 0.3) is 0 Å². The van der Waals surface area contributed by atoms with E-state index in [1.54, 1.807) is 25.2 Å².